The summed E-state index contributed by atoms with van der Waals surface area (Å²) in [4.78, 5) is 2.27. The predicted octanol–water partition coefficient (Wildman–Crippen LogP) is 22.1. The van der Waals surface area contributed by atoms with Crippen LogP contribution in [0.4, 0.5) is 17.1 Å². The molecule has 478 valence electrons. The Hall–Kier alpha value is -12.0. The predicted molar refractivity (Wildman–Crippen MR) is 423 cm³/mol. The highest BCUT2D eigenvalue weighted by atomic mass is 31.2. The van der Waals surface area contributed by atoms with Crippen LogP contribution < -0.4 is 36.7 Å². The number of hydrogen-bond acceptors (Lipinski definition) is 4. The monoisotopic (exact) mass is 1330 g/mol. The van der Waals surface area contributed by atoms with Gasteiger partial charge in [-0.1, -0.05) is 244 Å². The quantitative estimate of drug-likeness (QED) is 0.142. The van der Waals surface area contributed by atoms with Gasteiger partial charge in [0.25, 0.3) is 0 Å². The zero-order valence-electron chi connectivity index (χ0n) is 55.4. The summed E-state index contributed by atoms with van der Waals surface area (Å²) >= 11 is 0. The van der Waals surface area contributed by atoms with E-state index in [1.54, 1.807) is 0 Å². The van der Waals surface area contributed by atoms with Crippen molar-refractivity contribution >= 4 is 129 Å². The first kappa shape index (κ1) is 59.1. The molecule has 5 heterocycles. The van der Waals surface area contributed by atoms with Crippen molar-refractivity contribution in [2.24, 2.45) is 0 Å². The molecule has 101 heavy (non-hydrogen) atoms. The van der Waals surface area contributed by atoms with Crippen molar-refractivity contribution in [3.8, 4) is 55.9 Å². The molecule has 6 nitrogen and oxygen atoms in total. The molecule has 0 amide bonds. The maximum atomic E-state index is 15.4. The molecule has 0 N–H and O–H groups in total. The molecule has 0 bridgehead atoms. The number of nitrogens with zero attached hydrogens (tertiary/aromatic N) is 3. The largest absolute Gasteiger partial charge is 0.456 e. The van der Waals surface area contributed by atoms with Gasteiger partial charge in [0, 0.05) is 104 Å². The minimum Gasteiger partial charge on any atom is -0.456 e. The van der Waals surface area contributed by atoms with Gasteiger partial charge in [-0.3, -0.25) is 0 Å². The number of anilines is 3. The molecule has 3 aromatic heterocycles. The molecule has 0 saturated carbocycles. The standard InChI is InChI=1S/C48H31N2O2P.C45H32NOP/c51-53(36-15-5-2-6-16-36)47-22-12-9-19-40(47)42-30-44-41(31-48(42)53)37-17-7-10-20-43(37)50(44)34-25-23-33(24-26-34)49(32-13-3-1-4-14-32)35-27-28-39-38-18-8-11-21-45(38)52-46(39)29-35;1-45(2)39-17-9-6-14-33(39)34-25-22-30(26-40(34)45)29-20-23-31(24-21-29)46-41-18-10-7-15-35(41)37-28-44-38(27-42(37)46)36-16-8-11-19-43(36)48(44,47)32-12-4-3-5-13-32/h1-31H;3-28H,1-2H3. The number of benzene rings is 15. The van der Waals surface area contributed by atoms with Crippen molar-refractivity contribution in [3.63, 3.8) is 0 Å². The third kappa shape index (κ3) is 8.79. The molecular formula is C93H63N3O3P2. The van der Waals surface area contributed by atoms with E-state index in [9.17, 15) is 0 Å². The summed E-state index contributed by atoms with van der Waals surface area (Å²) in [6, 6.07) is 121. The third-order valence-corrected chi connectivity index (χ3v) is 27.9. The van der Waals surface area contributed by atoms with Gasteiger partial charge in [-0.05, 0) is 165 Å². The fourth-order valence-corrected chi connectivity index (χ4v) is 23.0. The summed E-state index contributed by atoms with van der Waals surface area (Å²) < 4.78 is 41.6. The van der Waals surface area contributed by atoms with Crippen LogP contribution in [0, 0.1) is 0 Å². The van der Waals surface area contributed by atoms with Crippen molar-refractivity contribution in [1.82, 2.24) is 9.13 Å². The summed E-state index contributed by atoms with van der Waals surface area (Å²) in [6.45, 7) is 4.67. The first-order valence-corrected chi connectivity index (χ1v) is 37.9. The average molecular weight is 1330 g/mol. The van der Waals surface area contributed by atoms with Crippen molar-refractivity contribution in [2.45, 2.75) is 19.3 Å². The Morgan fingerprint density at radius 2 is 0.723 bits per heavy atom. The van der Waals surface area contributed by atoms with Crippen LogP contribution in [0.1, 0.15) is 25.0 Å². The van der Waals surface area contributed by atoms with Gasteiger partial charge in [0.1, 0.15) is 11.2 Å². The highest BCUT2D eigenvalue weighted by Crippen LogP contribution is 2.56. The van der Waals surface area contributed by atoms with E-state index in [4.69, 9.17) is 4.42 Å². The van der Waals surface area contributed by atoms with E-state index < -0.39 is 14.3 Å². The van der Waals surface area contributed by atoms with Crippen LogP contribution >= 0.6 is 14.3 Å². The number of para-hydroxylation sites is 4. The van der Waals surface area contributed by atoms with Crippen LogP contribution in [0.5, 0.6) is 0 Å². The minimum atomic E-state index is -3.07. The zero-order chi connectivity index (χ0) is 67.3. The van der Waals surface area contributed by atoms with Crippen LogP contribution in [0.15, 0.2) is 350 Å². The van der Waals surface area contributed by atoms with E-state index in [-0.39, 0.29) is 5.41 Å². The van der Waals surface area contributed by atoms with E-state index in [0.717, 1.165) is 148 Å². The number of fused-ring (bicyclic) bond motifs is 18. The van der Waals surface area contributed by atoms with Crippen molar-refractivity contribution in [2.75, 3.05) is 4.90 Å². The Kier molecular flexibility index (Phi) is 13.2. The lowest BCUT2D eigenvalue weighted by Gasteiger charge is -2.25. The molecule has 2 unspecified atom stereocenters. The molecular weight excluding hydrogens is 1270 g/mol. The molecule has 0 fully saturated rings. The number of hydrogen-bond donors (Lipinski definition) is 0. The van der Waals surface area contributed by atoms with E-state index in [2.05, 4.69) is 271 Å². The lowest BCUT2D eigenvalue weighted by Crippen LogP contribution is -2.20. The summed E-state index contributed by atoms with van der Waals surface area (Å²) in [5.74, 6) is 0. The van der Waals surface area contributed by atoms with E-state index in [1.807, 2.05) is 103 Å². The molecule has 2 atom stereocenters. The van der Waals surface area contributed by atoms with Gasteiger partial charge in [0.05, 0.1) is 22.1 Å². The van der Waals surface area contributed by atoms with Gasteiger partial charge >= 0.3 is 0 Å². The first-order chi connectivity index (χ1) is 49.6. The highest BCUT2D eigenvalue weighted by molar-refractivity contribution is 7.87. The van der Waals surface area contributed by atoms with E-state index >= 15 is 9.13 Å². The lowest BCUT2D eigenvalue weighted by atomic mass is 9.81. The first-order valence-electron chi connectivity index (χ1n) is 34.5. The highest BCUT2D eigenvalue weighted by Gasteiger charge is 2.43. The van der Waals surface area contributed by atoms with Crippen LogP contribution in [-0.2, 0) is 14.5 Å². The SMILES string of the molecule is CC1(C)c2ccccc2-c2ccc(-c3ccc(-n4c5ccccc5c5cc6c(cc54)-c4ccccc4P6(=O)c4ccccc4)cc3)cc21.O=P1(c2ccccc2)c2ccccc2-c2cc3c(cc21)c1ccccc1n3-c1ccc(N(c2ccccc2)c2ccc3c(c2)oc2ccccc23)cc1. The molecule has 3 aliphatic rings. The average Bonchev–Trinajstić information content (AvgIpc) is 1.55. The molecule has 1 aliphatic carbocycles. The second-order valence-corrected chi connectivity index (χ2v) is 32.7. The summed E-state index contributed by atoms with van der Waals surface area (Å²) in [5.41, 5.74) is 23.6. The molecule has 15 aromatic carbocycles. The maximum Gasteiger partial charge on any atom is 0.172 e. The number of furan rings is 1. The van der Waals surface area contributed by atoms with Crippen molar-refractivity contribution in [3.05, 3.63) is 357 Å². The van der Waals surface area contributed by atoms with E-state index in [0.29, 0.717) is 0 Å². The summed E-state index contributed by atoms with van der Waals surface area (Å²) in [5, 5.41) is 12.2. The topological polar surface area (TPSA) is 60.4 Å². The smallest absolute Gasteiger partial charge is 0.172 e. The maximum absolute atomic E-state index is 15.4. The molecule has 0 spiro atoms. The van der Waals surface area contributed by atoms with E-state index in [1.165, 1.54) is 33.4 Å². The number of rotatable bonds is 8. The Balaban J connectivity index is 0.000000136. The van der Waals surface area contributed by atoms with Gasteiger partial charge in [0.2, 0.25) is 0 Å². The number of aromatic nitrogens is 2. The Bertz CT molecular complexity index is 6550. The molecule has 8 heteroatoms. The molecule has 2 aliphatic heterocycles. The Labute approximate surface area is 584 Å². The zero-order valence-corrected chi connectivity index (χ0v) is 57.2. The second-order valence-electron chi connectivity index (χ2n) is 27.3. The van der Waals surface area contributed by atoms with Gasteiger partial charge in [-0.25, -0.2) is 0 Å². The van der Waals surface area contributed by atoms with Gasteiger partial charge < -0.3 is 27.6 Å². The fraction of sp³-hybridized carbons (Fsp3) is 0.0323. The van der Waals surface area contributed by atoms with Gasteiger partial charge in [-0.15, -0.1) is 0 Å². The molecule has 21 rings (SSSR count). The van der Waals surface area contributed by atoms with Crippen LogP contribution in [0.25, 0.3) is 121 Å². The Morgan fingerprint density at radius 3 is 1.31 bits per heavy atom. The molecule has 18 aromatic rings. The van der Waals surface area contributed by atoms with Crippen molar-refractivity contribution < 1.29 is 13.5 Å². The van der Waals surface area contributed by atoms with Gasteiger partial charge in [0.15, 0.2) is 14.3 Å². The molecule has 0 saturated heterocycles. The lowest BCUT2D eigenvalue weighted by molar-refractivity contribution is 0.592. The normalized spacial score (nSPS) is 15.9. The van der Waals surface area contributed by atoms with Crippen LogP contribution in [0.2, 0.25) is 0 Å². The van der Waals surface area contributed by atoms with Crippen molar-refractivity contribution in [1.29, 1.82) is 0 Å². The Morgan fingerprint density at radius 1 is 0.287 bits per heavy atom. The minimum absolute atomic E-state index is 0.0335. The summed E-state index contributed by atoms with van der Waals surface area (Å²) in [6.07, 6.45) is 0. The van der Waals surface area contributed by atoms with Crippen LogP contribution in [0.3, 0.4) is 0 Å². The van der Waals surface area contributed by atoms with Crippen LogP contribution in [-0.4, -0.2) is 9.13 Å². The second kappa shape index (κ2) is 22.5. The molecule has 0 radical (unpaired) electrons. The summed E-state index contributed by atoms with van der Waals surface area (Å²) in [7, 11) is -6.10. The van der Waals surface area contributed by atoms with Gasteiger partial charge in [-0.2, -0.15) is 0 Å². The third-order valence-electron chi connectivity index (χ3n) is 21.6. The fourth-order valence-electron chi connectivity index (χ4n) is 16.9.